The highest BCUT2D eigenvalue weighted by atomic mass is 16.5. The van der Waals surface area contributed by atoms with Crippen molar-refractivity contribution >= 4 is 0 Å². The molecule has 0 aromatic heterocycles. The second-order valence-corrected chi connectivity index (χ2v) is 6.01. The second kappa shape index (κ2) is 5.90. The molecule has 2 aromatic carbocycles. The van der Waals surface area contributed by atoms with Crippen LogP contribution in [0.2, 0.25) is 0 Å². The van der Waals surface area contributed by atoms with E-state index >= 15 is 0 Å². The van der Waals surface area contributed by atoms with E-state index in [1.807, 2.05) is 0 Å². The summed E-state index contributed by atoms with van der Waals surface area (Å²) in [7, 11) is 1.75. The van der Waals surface area contributed by atoms with E-state index < -0.39 is 0 Å². The lowest BCUT2D eigenvalue weighted by Gasteiger charge is -2.14. The van der Waals surface area contributed by atoms with E-state index in [9.17, 15) is 0 Å². The van der Waals surface area contributed by atoms with Gasteiger partial charge in [0.15, 0.2) is 0 Å². The third kappa shape index (κ3) is 3.27. The minimum atomic E-state index is 0.740. The van der Waals surface area contributed by atoms with Gasteiger partial charge in [-0.3, -0.25) is 0 Å². The summed E-state index contributed by atoms with van der Waals surface area (Å²) < 4.78 is 5.59. The molecule has 2 aromatic rings. The number of nitrogens with one attached hydrogen (secondary N) is 1. The van der Waals surface area contributed by atoms with Crippen molar-refractivity contribution in [1.82, 2.24) is 5.32 Å². The molecule has 21 heavy (non-hydrogen) atoms. The molecule has 0 radical (unpaired) electrons. The predicted molar refractivity (Wildman–Crippen MR) is 87.8 cm³/mol. The Balaban J connectivity index is 1.93. The van der Waals surface area contributed by atoms with Gasteiger partial charge in [-0.2, -0.15) is 0 Å². The summed E-state index contributed by atoms with van der Waals surface area (Å²) in [6.45, 7) is 5.21. The van der Waals surface area contributed by atoms with Gasteiger partial charge in [0.25, 0.3) is 0 Å². The number of methoxy groups -OCH3 is 1. The van der Waals surface area contributed by atoms with E-state index in [4.69, 9.17) is 4.74 Å². The maximum Gasteiger partial charge on any atom is 0.127 e. The molecule has 3 rings (SSSR count). The molecule has 0 aliphatic heterocycles. The maximum absolute atomic E-state index is 5.59. The van der Waals surface area contributed by atoms with Crippen LogP contribution in [0, 0.1) is 13.8 Å². The van der Waals surface area contributed by atoms with Gasteiger partial charge in [0.05, 0.1) is 7.11 Å². The lowest BCUT2D eigenvalue weighted by Crippen LogP contribution is -2.15. The zero-order chi connectivity index (χ0) is 14.8. The van der Waals surface area contributed by atoms with Crippen LogP contribution in [0.5, 0.6) is 5.75 Å². The van der Waals surface area contributed by atoms with Crippen LogP contribution in [0.1, 0.15) is 29.5 Å². The van der Waals surface area contributed by atoms with Crippen LogP contribution in [-0.4, -0.2) is 13.2 Å². The standard InChI is InChI=1S/C19H23NO/c1-13-9-14(2)19(18(10-13)21-3)16-6-4-5-15(11-16)12-20-17-7-8-17/h4-6,9-11,17,20H,7-8,12H2,1-3H3. The lowest BCUT2D eigenvalue weighted by atomic mass is 9.96. The van der Waals surface area contributed by atoms with Crippen molar-refractivity contribution in [3.05, 3.63) is 53.1 Å². The predicted octanol–water partition coefficient (Wildman–Crippen LogP) is 4.23. The van der Waals surface area contributed by atoms with Gasteiger partial charge in [-0.25, -0.2) is 0 Å². The molecule has 0 bridgehead atoms. The van der Waals surface area contributed by atoms with Crippen molar-refractivity contribution in [2.75, 3.05) is 7.11 Å². The van der Waals surface area contributed by atoms with Gasteiger partial charge in [0, 0.05) is 18.2 Å². The topological polar surface area (TPSA) is 21.3 Å². The summed E-state index contributed by atoms with van der Waals surface area (Å²) in [5.74, 6) is 0.958. The summed E-state index contributed by atoms with van der Waals surface area (Å²) in [5.41, 5.74) is 6.27. The van der Waals surface area contributed by atoms with E-state index in [0.29, 0.717) is 0 Å². The molecule has 2 heteroatoms. The first-order valence-electron chi connectivity index (χ1n) is 7.65. The van der Waals surface area contributed by atoms with Crippen LogP contribution in [0.15, 0.2) is 36.4 Å². The normalized spacial score (nSPS) is 14.2. The molecule has 0 spiro atoms. The summed E-state index contributed by atoms with van der Waals surface area (Å²) in [4.78, 5) is 0. The summed E-state index contributed by atoms with van der Waals surface area (Å²) >= 11 is 0. The molecule has 1 aliphatic rings. The monoisotopic (exact) mass is 281 g/mol. The van der Waals surface area contributed by atoms with Gasteiger partial charge in [0.1, 0.15) is 5.75 Å². The highest BCUT2D eigenvalue weighted by Gasteiger charge is 2.20. The van der Waals surface area contributed by atoms with Crippen molar-refractivity contribution in [2.45, 2.75) is 39.3 Å². The molecule has 2 nitrogen and oxygen atoms in total. The Morgan fingerprint density at radius 2 is 1.95 bits per heavy atom. The maximum atomic E-state index is 5.59. The first kappa shape index (κ1) is 14.2. The largest absolute Gasteiger partial charge is 0.496 e. The van der Waals surface area contributed by atoms with Crippen molar-refractivity contribution in [3.8, 4) is 16.9 Å². The fourth-order valence-corrected chi connectivity index (χ4v) is 2.85. The SMILES string of the molecule is COc1cc(C)cc(C)c1-c1cccc(CNC2CC2)c1. The number of ether oxygens (including phenoxy) is 1. The van der Waals surface area contributed by atoms with Crippen LogP contribution in [0.3, 0.4) is 0 Å². The fraction of sp³-hybridized carbons (Fsp3) is 0.368. The number of hydrogen-bond acceptors (Lipinski definition) is 2. The summed E-state index contributed by atoms with van der Waals surface area (Å²) in [5, 5.41) is 3.57. The Morgan fingerprint density at radius 1 is 1.14 bits per heavy atom. The van der Waals surface area contributed by atoms with Crippen LogP contribution in [0.4, 0.5) is 0 Å². The number of hydrogen-bond donors (Lipinski definition) is 1. The number of benzene rings is 2. The lowest BCUT2D eigenvalue weighted by molar-refractivity contribution is 0.416. The zero-order valence-corrected chi connectivity index (χ0v) is 13.1. The molecule has 1 fully saturated rings. The van der Waals surface area contributed by atoms with Gasteiger partial charge in [-0.1, -0.05) is 24.3 Å². The molecular formula is C19H23NO. The Morgan fingerprint density at radius 3 is 2.67 bits per heavy atom. The first-order valence-corrected chi connectivity index (χ1v) is 7.65. The van der Waals surface area contributed by atoms with Crippen molar-refractivity contribution in [3.63, 3.8) is 0 Å². The van der Waals surface area contributed by atoms with Crippen molar-refractivity contribution in [2.24, 2.45) is 0 Å². The third-order valence-corrected chi connectivity index (χ3v) is 4.05. The fourth-order valence-electron chi connectivity index (χ4n) is 2.85. The van der Waals surface area contributed by atoms with E-state index in [1.54, 1.807) is 7.11 Å². The molecular weight excluding hydrogens is 258 g/mol. The molecule has 1 N–H and O–H groups in total. The average molecular weight is 281 g/mol. The third-order valence-electron chi connectivity index (χ3n) is 4.05. The molecule has 110 valence electrons. The van der Waals surface area contributed by atoms with E-state index in [2.05, 4.69) is 55.6 Å². The van der Waals surface area contributed by atoms with Crippen molar-refractivity contribution < 1.29 is 4.74 Å². The average Bonchev–Trinajstić information content (AvgIpc) is 3.28. The highest BCUT2D eigenvalue weighted by molar-refractivity contribution is 5.75. The molecule has 1 saturated carbocycles. The number of aryl methyl sites for hydroxylation is 2. The van der Waals surface area contributed by atoms with E-state index in [-0.39, 0.29) is 0 Å². The van der Waals surface area contributed by atoms with Gasteiger partial charge in [-0.05, 0) is 61.1 Å². The quantitative estimate of drug-likeness (QED) is 0.885. The molecule has 0 unspecified atom stereocenters. The van der Waals surface area contributed by atoms with Crippen LogP contribution >= 0.6 is 0 Å². The Labute approximate surface area is 127 Å². The van der Waals surface area contributed by atoms with Gasteiger partial charge < -0.3 is 10.1 Å². The summed E-state index contributed by atoms with van der Waals surface area (Å²) in [6, 6.07) is 13.8. The first-order chi connectivity index (χ1) is 10.2. The number of rotatable bonds is 5. The molecule has 0 atom stereocenters. The molecule has 0 amide bonds. The van der Waals surface area contributed by atoms with Gasteiger partial charge >= 0.3 is 0 Å². The Hall–Kier alpha value is -1.80. The molecule has 0 heterocycles. The van der Waals surface area contributed by atoms with E-state index in [0.717, 1.165) is 18.3 Å². The Bertz CT molecular complexity index is 644. The molecule has 1 aliphatic carbocycles. The highest BCUT2D eigenvalue weighted by Crippen LogP contribution is 2.34. The van der Waals surface area contributed by atoms with Crippen molar-refractivity contribution in [1.29, 1.82) is 0 Å². The second-order valence-electron chi connectivity index (χ2n) is 6.01. The molecule has 0 saturated heterocycles. The minimum Gasteiger partial charge on any atom is -0.496 e. The van der Waals surface area contributed by atoms with Crippen LogP contribution in [-0.2, 0) is 6.54 Å². The minimum absolute atomic E-state index is 0.740. The van der Waals surface area contributed by atoms with E-state index in [1.165, 1.54) is 40.7 Å². The van der Waals surface area contributed by atoms with Gasteiger partial charge in [-0.15, -0.1) is 0 Å². The smallest absolute Gasteiger partial charge is 0.127 e. The zero-order valence-electron chi connectivity index (χ0n) is 13.1. The Kier molecular flexibility index (Phi) is 3.98. The van der Waals surface area contributed by atoms with Crippen LogP contribution in [0.25, 0.3) is 11.1 Å². The van der Waals surface area contributed by atoms with Crippen LogP contribution < -0.4 is 10.1 Å². The van der Waals surface area contributed by atoms with Gasteiger partial charge in [0.2, 0.25) is 0 Å². The summed E-state index contributed by atoms with van der Waals surface area (Å²) in [6.07, 6.45) is 2.65.